The van der Waals surface area contributed by atoms with Gasteiger partial charge in [0.15, 0.2) is 6.29 Å². The van der Waals surface area contributed by atoms with E-state index in [1.807, 2.05) is 0 Å². The fourth-order valence-electron chi connectivity index (χ4n) is 12.6. The van der Waals surface area contributed by atoms with Crippen LogP contribution in [0.2, 0.25) is 0 Å². The maximum Gasteiger partial charge on any atom is 0.315 e. The van der Waals surface area contributed by atoms with Gasteiger partial charge in [-0.15, -0.1) is 0 Å². The number of allylic oxidation sites excluding steroid dienone is 2. The highest BCUT2D eigenvalue weighted by atomic mass is 16.7. The number of carbonyl (C=O) groups excluding carboxylic acids is 1. The number of hydrogen-bond acceptors (Lipinski definition) is 12. The molecule has 12 heteroatoms. The van der Waals surface area contributed by atoms with Gasteiger partial charge in [-0.05, 0) is 90.8 Å². The molecule has 0 radical (unpaired) electrons. The Balaban J connectivity index is 1.38. The van der Waals surface area contributed by atoms with Crippen LogP contribution in [-0.4, -0.2) is 123 Å². The molecular weight excluding hydrogens is 636 g/mol. The van der Waals surface area contributed by atoms with Gasteiger partial charge in [-0.2, -0.15) is 0 Å². The SMILES string of the molecule is COC(=O)[C@]12CCC(C)(C)C[C@H]1C1=CCC3[C@@]4(C)C[C@H](O)[C@H](O[C@@H]5O[C@H](CO)[C@@H](O)[C@H](O)[C@H]5O)C(CO)(CO)C4CC[C@@]3(C)[C@]1(C)C[C@H]2O. The monoisotopic (exact) mass is 696 g/mol. The summed E-state index contributed by atoms with van der Waals surface area (Å²) in [5.74, 6) is -0.880. The van der Waals surface area contributed by atoms with Crippen molar-refractivity contribution in [3.05, 3.63) is 11.6 Å². The van der Waals surface area contributed by atoms with Gasteiger partial charge in [-0.1, -0.05) is 46.3 Å². The zero-order valence-electron chi connectivity index (χ0n) is 29.9. The molecule has 0 spiro atoms. The van der Waals surface area contributed by atoms with E-state index in [2.05, 4.69) is 40.7 Å². The van der Waals surface area contributed by atoms with Crippen molar-refractivity contribution in [2.45, 2.75) is 135 Å². The molecular formula is C37H60O12. The minimum Gasteiger partial charge on any atom is -0.468 e. The summed E-state index contributed by atoms with van der Waals surface area (Å²) in [6, 6.07) is 0. The Kier molecular flexibility index (Phi) is 9.55. The lowest BCUT2D eigenvalue weighted by molar-refractivity contribution is -0.349. The third-order valence-corrected chi connectivity index (χ3v) is 15.5. The lowest BCUT2D eigenvalue weighted by atomic mass is 9.33. The van der Waals surface area contributed by atoms with Gasteiger partial charge in [0.2, 0.25) is 0 Å². The third kappa shape index (κ3) is 5.02. The average molecular weight is 697 g/mol. The second-order valence-corrected chi connectivity index (χ2v) is 18.0. The summed E-state index contributed by atoms with van der Waals surface area (Å²) in [6.07, 6.45) is -4.02. The minimum absolute atomic E-state index is 0.0201. The molecule has 0 aromatic carbocycles. The molecule has 1 saturated heterocycles. The number of fused-ring (bicyclic) bond motifs is 7. The first-order chi connectivity index (χ1) is 22.9. The normalized spacial score (nSPS) is 51.7. The molecule has 1 heterocycles. The van der Waals surface area contributed by atoms with Crippen LogP contribution >= 0.6 is 0 Å². The topological polar surface area (TPSA) is 207 Å². The first-order valence-corrected chi connectivity index (χ1v) is 18.2. The fourth-order valence-corrected chi connectivity index (χ4v) is 12.6. The Morgan fingerprint density at radius 2 is 1.55 bits per heavy atom. The van der Waals surface area contributed by atoms with Gasteiger partial charge in [-0.25, -0.2) is 0 Å². The molecule has 5 aliphatic carbocycles. The van der Waals surface area contributed by atoms with Crippen molar-refractivity contribution in [1.82, 2.24) is 0 Å². The Hall–Kier alpha value is -1.19. The van der Waals surface area contributed by atoms with Crippen LogP contribution in [0.1, 0.15) is 86.0 Å². The Labute approximate surface area is 289 Å². The Morgan fingerprint density at radius 3 is 2.16 bits per heavy atom. The number of ether oxygens (including phenoxy) is 3. The smallest absolute Gasteiger partial charge is 0.315 e. The molecule has 2 unspecified atom stereocenters. The van der Waals surface area contributed by atoms with E-state index >= 15 is 0 Å². The van der Waals surface area contributed by atoms with Gasteiger partial charge in [-0.3, -0.25) is 4.79 Å². The van der Waals surface area contributed by atoms with Crippen LogP contribution in [0.3, 0.4) is 0 Å². The van der Waals surface area contributed by atoms with Crippen LogP contribution in [0.25, 0.3) is 0 Å². The van der Waals surface area contributed by atoms with E-state index in [1.54, 1.807) is 0 Å². The summed E-state index contributed by atoms with van der Waals surface area (Å²) in [7, 11) is 1.40. The number of carbonyl (C=O) groups is 1. The molecule has 12 nitrogen and oxygen atoms in total. The highest BCUT2D eigenvalue weighted by Crippen LogP contribution is 2.76. The van der Waals surface area contributed by atoms with E-state index in [4.69, 9.17) is 14.2 Å². The second kappa shape index (κ2) is 12.5. The largest absolute Gasteiger partial charge is 0.468 e. The summed E-state index contributed by atoms with van der Waals surface area (Å²) in [5, 5.41) is 87.4. The standard InChI is InChI=1S/C37H60O12/c1-32(2)11-12-37(31(46)47-6)20(13-32)19-7-8-23-33(3)14-21(41)29(49-30-28(45)27(44)26(43)22(16-38)48-30)36(17-39,18-40)24(33)9-10-34(23,4)35(19,5)15-25(37)42/h7,20-30,38-45H,8-18H2,1-6H3/t20-,21-,22+,23?,24?,25+,26+,27-,28+,29-,30-,33+,34+,35+,37+/m0/s1. The van der Waals surface area contributed by atoms with Gasteiger partial charge < -0.3 is 55.1 Å². The minimum atomic E-state index is -1.70. The van der Waals surface area contributed by atoms with E-state index in [0.29, 0.717) is 32.1 Å². The van der Waals surface area contributed by atoms with E-state index in [0.717, 1.165) is 12.8 Å². The van der Waals surface area contributed by atoms with Crippen molar-refractivity contribution < 1.29 is 59.9 Å². The number of hydrogen-bond donors (Lipinski definition) is 8. The summed E-state index contributed by atoms with van der Waals surface area (Å²) in [5.41, 5.74) is -2.62. The molecule has 4 saturated carbocycles. The second-order valence-electron chi connectivity index (χ2n) is 18.0. The summed E-state index contributed by atoms with van der Waals surface area (Å²) >= 11 is 0. The first kappa shape index (κ1) is 37.6. The lowest BCUT2D eigenvalue weighted by Crippen LogP contribution is -2.71. The van der Waals surface area contributed by atoms with Crippen molar-refractivity contribution in [3.8, 4) is 0 Å². The van der Waals surface area contributed by atoms with Crippen molar-refractivity contribution in [1.29, 1.82) is 0 Å². The predicted octanol–water partition coefficient (Wildman–Crippen LogP) is 1.03. The molecule has 0 aromatic rings. The van der Waals surface area contributed by atoms with Gasteiger partial charge in [0.05, 0.1) is 45.2 Å². The molecule has 0 aromatic heterocycles. The van der Waals surface area contributed by atoms with Gasteiger partial charge in [0.1, 0.15) is 29.8 Å². The molecule has 6 rings (SSSR count). The Morgan fingerprint density at radius 1 is 0.878 bits per heavy atom. The van der Waals surface area contributed by atoms with Gasteiger partial charge in [0.25, 0.3) is 0 Å². The van der Waals surface area contributed by atoms with Crippen LogP contribution in [0, 0.1) is 50.2 Å². The van der Waals surface area contributed by atoms with E-state index in [9.17, 15) is 45.6 Å². The van der Waals surface area contributed by atoms with Crippen LogP contribution < -0.4 is 0 Å². The van der Waals surface area contributed by atoms with Crippen molar-refractivity contribution in [2.24, 2.45) is 50.2 Å². The van der Waals surface area contributed by atoms with E-state index in [1.165, 1.54) is 12.7 Å². The molecule has 0 amide bonds. The van der Waals surface area contributed by atoms with E-state index < -0.39 is 90.5 Å². The van der Waals surface area contributed by atoms with Gasteiger partial charge in [0, 0.05) is 5.41 Å². The molecule has 0 bridgehead atoms. The number of aliphatic hydroxyl groups excluding tert-OH is 8. The maximum atomic E-state index is 13.6. The van der Waals surface area contributed by atoms with Crippen LogP contribution in [-0.2, 0) is 19.0 Å². The number of aliphatic hydroxyl groups is 8. The quantitative estimate of drug-likeness (QED) is 0.111. The highest BCUT2D eigenvalue weighted by molar-refractivity contribution is 5.79. The predicted molar refractivity (Wildman–Crippen MR) is 175 cm³/mol. The summed E-state index contributed by atoms with van der Waals surface area (Å²) in [4.78, 5) is 13.6. The third-order valence-electron chi connectivity index (χ3n) is 15.5. The Bertz CT molecular complexity index is 1300. The molecule has 15 atom stereocenters. The molecule has 5 fully saturated rings. The van der Waals surface area contributed by atoms with Crippen LogP contribution in [0.4, 0.5) is 0 Å². The first-order valence-electron chi connectivity index (χ1n) is 18.2. The number of esters is 1. The average Bonchev–Trinajstić information content (AvgIpc) is 3.05. The number of methoxy groups -OCH3 is 1. The number of rotatable bonds is 6. The molecule has 280 valence electrons. The summed E-state index contributed by atoms with van der Waals surface area (Å²) < 4.78 is 17.2. The lowest BCUT2D eigenvalue weighted by Gasteiger charge is -2.72. The van der Waals surface area contributed by atoms with Crippen molar-refractivity contribution in [3.63, 3.8) is 0 Å². The maximum absolute atomic E-state index is 13.6. The zero-order chi connectivity index (χ0) is 36.1. The van der Waals surface area contributed by atoms with Crippen LogP contribution in [0.15, 0.2) is 11.6 Å². The van der Waals surface area contributed by atoms with Gasteiger partial charge >= 0.3 is 5.97 Å². The molecule has 1 aliphatic heterocycles. The summed E-state index contributed by atoms with van der Waals surface area (Å²) in [6.45, 7) is 9.38. The highest BCUT2D eigenvalue weighted by Gasteiger charge is 2.73. The van der Waals surface area contributed by atoms with Crippen LogP contribution in [0.5, 0.6) is 0 Å². The zero-order valence-corrected chi connectivity index (χ0v) is 29.9. The van der Waals surface area contributed by atoms with Crippen molar-refractivity contribution >= 4 is 5.97 Å². The molecule has 6 aliphatic rings. The van der Waals surface area contributed by atoms with E-state index in [-0.39, 0.29) is 41.0 Å². The molecule has 8 N–H and O–H groups in total. The fraction of sp³-hybridized carbons (Fsp3) is 0.919. The molecule has 49 heavy (non-hydrogen) atoms. The van der Waals surface area contributed by atoms with Crippen molar-refractivity contribution in [2.75, 3.05) is 26.9 Å².